The van der Waals surface area contributed by atoms with E-state index in [1.54, 1.807) is 6.21 Å². The van der Waals surface area contributed by atoms with Crippen molar-refractivity contribution in [1.29, 1.82) is 0 Å². The van der Waals surface area contributed by atoms with Gasteiger partial charge in [0, 0.05) is 22.7 Å². The van der Waals surface area contributed by atoms with Gasteiger partial charge in [-0.05, 0) is 29.0 Å². The summed E-state index contributed by atoms with van der Waals surface area (Å²) in [6, 6.07) is 21.6. The largest absolute Gasteiger partial charge is 0.484 e. The zero-order valence-corrected chi connectivity index (χ0v) is 14.0. The number of carbonyl (C=O) groups is 1. The Bertz CT molecular complexity index is 1100. The highest BCUT2D eigenvalue weighted by molar-refractivity contribution is 5.99. The van der Waals surface area contributed by atoms with E-state index in [9.17, 15) is 4.79 Å². The van der Waals surface area contributed by atoms with Gasteiger partial charge in [0.1, 0.15) is 5.75 Å². The SMILES string of the molecule is O=C(COc1ccc2ccccc2c1)N/N=C\c1c[nH]c2ccccc12. The standard InChI is InChI=1S/C21H17N3O2/c25-21(14-26-18-10-9-15-5-1-2-6-16(15)11-18)24-23-13-17-12-22-20-8-4-3-7-19(17)20/h1-13,22H,14H2,(H,24,25)/b23-13-. The van der Waals surface area contributed by atoms with E-state index in [1.807, 2.05) is 72.9 Å². The van der Waals surface area contributed by atoms with Crippen molar-refractivity contribution < 1.29 is 9.53 Å². The van der Waals surface area contributed by atoms with E-state index in [0.29, 0.717) is 5.75 Å². The first-order valence-electron chi connectivity index (χ1n) is 8.29. The Labute approximate surface area is 150 Å². The summed E-state index contributed by atoms with van der Waals surface area (Å²) < 4.78 is 5.54. The molecule has 0 unspecified atom stereocenters. The molecule has 128 valence electrons. The third-order valence-corrected chi connectivity index (χ3v) is 4.10. The summed E-state index contributed by atoms with van der Waals surface area (Å²) in [4.78, 5) is 15.1. The predicted molar refractivity (Wildman–Crippen MR) is 103 cm³/mol. The molecule has 26 heavy (non-hydrogen) atoms. The van der Waals surface area contributed by atoms with Gasteiger partial charge in [0.05, 0.1) is 6.21 Å². The maximum absolute atomic E-state index is 11.9. The number of benzene rings is 3. The Morgan fingerprint density at radius 2 is 1.85 bits per heavy atom. The fraction of sp³-hybridized carbons (Fsp3) is 0.0476. The van der Waals surface area contributed by atoms with Crippen LogP contribution in [0.4, 0.5) is 0 Å². The molecule has 0 atom stereocenters. The van der Waals surface area contributed by atoms with Gasteiger partial charge in [-0.25, -0.2) is 5.43 Å². The van der Waals surface area contributed by atoms with Crippen LogP contribution in [0, 0.1) is 0 Å². The number of aromatic nitrogens is 1. The Kier molecular flexibility index (Phi) is 4.35. The number of nitrogens with one attached hydrogen (secondary N) is 2. The molecule has 2 N–H and O–H groups in total. The highest BCUT2D eigenvalue weighted by Crippen LogP contribution is 2.20. The average Bonchev–Trinajstić information content (AvgIpc) is 3.09. The molecule has 1 amide bonds. The second kappa shape index (κ2) is 7.11. The normalized spacial score (nSPS) is 11.2. The molecule has 0 radical (unpaired) electrons. The molecule has 0 fully saturated rings. The summed E-state index contributed by atoms with van der Waals surface area (Å²) in [6.07, 6.45) is 3.47. The molecule has 0 bridgehead atoms. The van der Waals surface area contributed by atoms with E-state index < -0.39 is 0 Å². The number of ether oxygens (including phenoxy) is 1. The van der Waals surface area contributed by atoms with Crippen molar-refractivity contribution in [3.8, 4) is 5.75 Å². The van der Waals surface area contributed by atoms with Gasteiger partial charge in [0.25, 0.3) is 5.91 Å². The van der Waals surface area contributed by atoms with E-state index in [1.165, 1.54) is 0 Å². The zero-order chi connectivity index (χ0) is 17.8. The molecule has 1 aromatic heterocycles. The molecule has 0 saturated carbocycles. The zero-order valence-electron chi connectivity index (χ0n) is 14.0. The molecule has 5 nitrogen and oxygen atoms in total. The number of amides is 1. The second-order valence-electron chi connectivity index (χ2n) is 5.88. The number of hydrogen-bond acceptors (Lipinski definition) is 3. The lowest BCUT2D eigenvalue weighted by Crippen LogP contribution is -2.24. The third-order valence-electron chi connectivity index (χ3n) is 4.10. The third kappa shape index (κ3) is 3.42. The average molecular weight is 343 g/mol. The van der Waals surface area contributed by atoms with Crippen molar-refractivity contribution >= 4 is 33.8 Å². The second-order valence-corrected chi connectivity index (χ2v) is 5.88. The van der Waals surface area contributed by atoms with Crippen molar-refractivity contribution in [3.05, 3.63) is 78.5 Å². The molecule has 0 aliphatic rings. The van der Waals surface area contributed by atoms with Crippen molar-refractivity contribution in [2.75, 3.05) is 6.61 Å². The Morgan fingerprint density at radius 3 is 2.77 bits per heavy atom. The minimum absolute atomic E-state index is 0.0937. The summed E-state index contributed by atoms with van der Waals surface area (Å²) in [5.74, 6) is 0.341. The molecule has 0 aliphatic carbocycles. The van der Waals surface area contributed by atoms with Crippen LogP contribution in [0.25, 0.3) is 21.7 Å². The van der Waals surface area contributed by atoms with Crippen LogP contribution in [0.1, 0.15) is 5.56 Å². The minimum Gasteiger partial charge on any atom is -0.484 e. The first-order valence-corrected chi connectivity index (χ1v) is 8.29. The summed E-state index contributed by atoms with van der Waals surface area (Å²) in [7, 11) is 0. The van der Waals surface area contributed by atoms with Gasteiger partial charge in [-0.2, -0.15) is 5.10 Å². The number of para-hydroxylation sites is 1. The fourth-order valence-corrected chi connectivity index (χ4v) is 2.81. The topological polar surface area (TPSA) is 66.5 Å². The number of fused-ring (bicyclic) bond motifs is 2. The highest BCUT2D eigenvalue weighted by Gasteiger charge is 2.03. The fourth-order valence-electron chi connectivity index (χ4n) is 2.81. The molecule has 0 spiro atoms. The summed E-state index contributed by atoms with van der Waals surface area (Å²) >= 11 is 0. The molecule has 4 aromatic rings. The Balaban J connectivity index is 1.34. The van der Waals surface area contributed by atoms with E-state index in [-0.39, 0.29) is 12.5 Å². The molecule has 4 rings (SSSR count). The van der Waals surface area contributed by atoms with Crippen molar-refractivity contribution in [2.24, 2.45) is 5.10 Å². The van der Waals surface area contributed by atoms with Crippen LogP contribution in [0.2, 0.25) is 0 Å². The maximum atomic E-state index is 11.9. The van der Waals surface area contributed by atoms with Gasteiger partial charge in [0.2, 0.25) is 0 Å². The van der Waals surface area contributed by atoms with Gasteiger partial charge in [-0.3, -0.25) is 4.79 Å². The van der Waals surface area contributed by atoms with E-state index in [2.05, 4.69) is 15.5 Å². The number of carbonyl (C=O) groups excluding carboxylic acids is 1. The Morgan fingerprint density at radius 1 is 1.04 bits per heavy atom. The molecular formula is C21H17N3O2. The van der Waals surface area contributed by atoms with Gasteiger partial charge in [0.15, 0.2) is 6.61 Å². The van der Waals surface area contributed by atoms with E-state index in [0.717, 1.165) is 27.2 Å². The lowest BCUT2D eigenvalue weighted by molar-refractivity contribution is -0.123. The van der Waals surface area contributed by atoms with Crippen LogP contribution in [0.15, 0.2) is 78.0 Å². The predicted octanol–water partition coefficient (Wildman–Crippen LogP) is 3.85. The van der Waals surface area contributed by atoms with Crippen molar-refractivity contribution in [3.63, 3.8) is 0 Å². The number of hydrazone groups is 1. The minimum atomic E-state index is -0.311. The van der Waals surface area contributed by atoms with Crippen LogP contribution >= 0.6 is 0 Å². The number of H-pyrrole nitrogens is 1. The monoisotopic (exact) mass is 343 g/mol. The van der Waals surface area contributed by atoms with Crippen LogP contribution < -0.4 is 10.2 Å². The molecule has 0 saturated heterocycles. The molecule has 1 heterocycles. The molecule has 5 heteroatoms. The van der Waals surface area contributed by atoms with Gasteiger partial charge in [-0.15, -0.1) is 0 Å². The highest BCUT2D eigenvalue weighted by atomic mass is 16.5. The molecule has 0 aliphatic heterocycles. The lowest BCUT2D eigenvalue weighted by atomic mass is 10.1. The van der Waals surface area contributed by atoms with E-state index >= 15 is 0 Å². The molecular weight excluding hydrogens is 326 g/mol. The Hall–Kier alpha value is -3.60. The quantitative estimate of drug-likeness (QED) is 0.427. The van der Waals surface area contributed by atoms with Crippen molar-refractivity contribution in [1.82, 2.24) is 10.4 Å². The van der Waals surface area contributed by atoms with Crippen LogP contribution in [-0.2, 0) is 4.79 Å². The summed E-state index contributed by atoms with van der Waals surface area (Å²) in [5.41, 5.74) is 4.43. The van der Waals surface area contributed by atoms with Gasteiger partial charge in [-0.1, -0.05) is 48.5 Å². The number of rotatable bonds is 5. The van der Waals surface area contributed by atoms with Gasteiger partial charge < -0.3 is 9.72 Å². The van der Waals surface area contributed by atoms with Gasteiger partial charge >= 0.3 is 0 Å². The summed E-state index contributed by atoms with van der Waals surface area (Å²) in [6.45, 7) is -0.0937. The number of aromatic amines is 1. The summed E-state index contributed by atoms with van der Waals surface area (Å²) in [5, 5.41) is 7.26. The number of nitrogens with zero attached hydrogens (tertiary/aromatic N) is 1. The van der Waals surface area contributed by atoms with Crippen LogP contribution in [0.3, 0.4) is 0 Å². The van der Waals surface area contributed by atoms with Crippen LogP contribution in [-0.4, -0.2) is 23.7 Å². The smallest absolute Gasteiger partial charge is 0.277 e. The maximum Gasteiger partial charge on any atom is 0.277 e. The first kappa shape index (κ1) is 15.9. The van der Waals surface area contributed by atoms with Crippen molar-refractivity contribution in [2.45, 2.75) is 0 Å². The van der Waals surface area contributed by atoms with E-state index in [4.69, 9.17) is 4.74 Å². The first-order chi connectivity index (χ1) is 12.8. The van der Waals surface area contributed by atoms with Crippen LogP contribution in [0.5, 0.6) is 5.75 Å². The number of hydrogen-bond donors (Lipinski definition) is 2. The molecule has 3 aromatic carbocycles. The lowest BCUT2D eigenvalue weighted by Gasteiger charge is -2.06.